The Balaban J connectivity index is 1.56. The Bertz CT molecular complexity index is 275. The lowest BCUT2D eigenvalue weighted by Crippen LogP contribution is -2.47. The monoisotopic (exact) mass is 223 g/mol. The van der Waals surface area contributed by atoms with Crippen molar-refractivity contribution in [3.63, 3.8) is 0 Å². The van der Waals surface area contributed by atoms with Gasteiger partial charge in [0.25, 0.3) is 0 Å². The maximum atomic E-state index is 12.0. The van der Waals surface area contributed by atoms with Crippen molar-refractivity contribution in [2.45, 2.75) is 44.2 Å². The van der Waals surface area contributed by atoms with E-state index in [0.717, 1.165) is 19.5 Å². The summed E-state index contributed by atoms with van der Waals surface area (Å²) >= 11 is 0. The van der Waals surface area contributed by atoms with E-state index in [1.807, 2.05) is 4.90 Å². The molecule has 16 heavy (non-hydrogen) atoms. The van der Waals surface area contributed by atoms with Gasteiger partial charge in [0.15, 0.2) is 0 Å². The third-order valence-electron chi connectivity index (χ3n) is 4.31. The van der Waals surface area contributed by atoms with Crippen LogP contribution >= 0.6 is 0 Å². The first kappa shape index (κ1) is 10.4. The van der Waals surface area contributed by atoms with E-state index in [1.165, 1.54) is 38.8 Å². The minimum absolute atomic E-state index is 0.177. The van der Waals surface area contributed by atoms with Crippen LogP contribution < -0.4 is 5.32 Å². The van der Waals surface area contributed by atoms with Crippen molar-refractivity contribution in [1.29, 1.82) is 0 Å². The Labute approximate surface area is 97.0 Å². The Hall–Kier alpha value is -0.770. The molecule has 3 rings (SSSR count). The molecule has 2 unspecified atom stereocenters. The van der Waals surface area contributed by atoms with E-state index >= 15 is 0 Å². The van der Waals surface area contributed by atoms with Gasteiger partial charge in [-0.3, -0.25) is 4.90 Å². The Morgan fingerprint density at radius 1 is 1.00 bits per heavy atom. The SMILES string of the molecule is O=C(NC1CCN2CCCC12)N1CCCC1. The van der Waals surface area contributed by atoms with Gasteiger partial charge in [0, 0.05) is 31.7 Å². The maximum Gasteiger partial charge on any atom is 0.317 e. The van der Waals surface area contributed by atoms with Crippen LogP contribution in [-0.2, 0) is 0 Å². The van der Waals surface area contributed by atoms with Crippen LogP contribution in [0.3, 0.4) is 0 Å². The van der Waals surface area contributed by atoms with E-state index in [0.29, 0.717) is 12.1 Å². The largest absolute Gasteiger partial charge is 0.334 e. The molecule has 2 atom stereocenters. The zero-order valence-electron chi connectivity index (χ0n) is 9.82. The summed E-state index contributed by atoms with van der Waals surface area (Å²) in [5.41, 5.74) is 0. The Morgan fingerprint density at radius 2 is 1.81 bits per heavy atom. The van der Waals surface area contributed by atoms with Crippen molar-refractivity contribution >= 4 is 6.03 Å². The normalized spacial score (nSPS) is 34.4. The molecule has 0 aromatic rings. The first-order valence-corrected chi connectivity index (χ1v) is 6.64. The molecule has 1 N–H and O–H groups in total. The number of carbonyl (C=O) groups is 1. The van der Waals surface area contributed by atoms with Gasteiger partial charge in [-0.1, -0.05) is 0 Å². The van der Waals surface area contributed by atoms with Gasteiger partial charge in [-0.25, -0.2) is 4.79 Å². The average molecular weight is 223 g/mol. The second kappa shape index (κ2) is 4.24. The number of fused-ring (bicyclic) bond motifs is 1. The van der Waals surface area contributed by atoms with Gasteiger partial charge in [0.2, 0.25) is 0 Å². The molecule has 0 aromatic heterocycles. The highest BCUT2D eigenvalue weighted by Crippen LogP contribution is 2.28. The summed E-state index contributed by atoms with van der Waals surface area (Å²) in [6.07, 6.45) is 6.07. The van der Waals surface area contributed by atoms with Crippen molar-refractivity contribution in [1.82, 2.24) is 15.1 Å². The summed E-state index contributed by atoms with van der Waals surface area (Å²) in [6, 6.07) is 1.22. The minimum Gasteiger partial charge on any atom is -0.334 e. The Morgan fingerprint density at radius 3 is 2.62 bits per heavy atom. The molecule has 0 spiro atoms. The van der Waals surface area contributed by atoms with Gasteiger partial charge in [0.1, 0.15) is 0 Å². The zero-order chi connectivity index (χ0) is 11.0. The summed E-state index contributed by atoms with van der Waals surface area (Å²) in [6.45, 7) is 4.32. The minimum atomic E-state index is 0.177. The highest BCUT2D eigenvalue weighted by molar-refractivity contribution is 5.74. The molecule has 0 bridgehead atoms. The number of likely N-dealkylation sites (tertiary alicyclic amines) is 1. The van der Waals surface area contributed by atoms with Crippen molar-refractivity contribution in [2.75, 3.05) is 26.2 Å². The van der Waals surface area contributed by atoms with Gasteiger partial charge in [-0.2, -0.15) is 0 Å². The second-order valence-corrected chi connectivity index (χ2v) is 5.28. The molecule has 3 fully saturated rings. The molecule has 3 aliphatic heterocycles. The van der Waals surface area contributed by atoms with Gasteiger partial charge >= 0.3 is 6.03 Å². The number of rotatable bonds is 1. The summed E-state index contributed by atoms with van der Waals surface area (Å²) in [5.74, 6) is 0. The van der Waals surface area contributed by atoms with Crippen LogP contribution in [0.4, 0.5) is 4.79 Å². The summed E-state index contributed by atoms with van der Waals surface area (Å²) < 4.78 is 0. The van der Waals surface area contributed by atoms with Gasteiger partial charge in [-0.15, -0.1) is 0 Å². The molecule has 3 heterocycles. The predicted molar refractivity (Wildman–Crippen MR) is 62.3 cm³/mol. The number of urea groups is 1. The first-order valence-electron chi connectivity index (χ1n) is 6.64. The van der Waals surface area contributed by atoms with E-state index in [1.54, 1.807) is 0 Å². The van der Waals surface area contributed by atoms with Crippen molar-refractivity contribution < 1.29 is 4.79 Å². The molecule has 90 valence electrons. The number of amides is 2. The predicted octanol–water partition coefficient (Wildman–Crippen LogP) is 1.03. The van der Waals surface area contributed by atoms with Gasteiger partial charge in [-0.05, 0) is 38.6 Å². The number of nitrogens with zero attached hydrogens (tertiary/aromatic N) is 2. The molecule has 4 heteroatoms. The Kier molecular flexibility index (Phi) is 2.75. The summed E-state index contributed by atoms with van der Waals surface area (Å²) in [7, 11) is 0. The molecule has 0 aliphatic carbocycles. The smallest absolute Gasteiger partial charge is 0.317 e. The van der Waals surface area contributed by atoms with Crippen LogP contribution in [0.2, 0.25) is 0 Å². The maximum absolute atomic E-state index is 12.0. The molecular weight excluding hydrogens is 202 g/mol. The lowest BCUT2D eigenvalue weighted by Gasteiger charge is -2.24. The van der Waals surface area contributed by atoms with Gasteiger partial charge in [0.05, 0.1) is 0 Å². The van der Waals surface area contributed by atoms with E-state index < -0.39 is 0 Å². The van der Waals surface area contributed by atoms with Crippen molar-refractivity contribution in [2.24, 2.45) is 0 Å². The van der Waals surface area contributed by atoms with Crippen LogP contribution in [-0.4, -0.2) is 54.1 Å². The van der Waals surface area contributed by atoms with Gasteiger partial charge < -0.3 is 10.2 Å². The molecule has 4 nitrogen and oxygen atoms in total. The molecule has 0 saturated carbocycles. The zero-order valence-corrected chi connectivity index (χ0v) is 9.82. The third kappa shape index (κ3) is 1.79. The average Bonchev–Trinajstić information content (AvgIpc) is 2.94. The lowest BCUT2D eigenvalue weighted by molar-refractivity contribution is 0.200. The summed E-state index contributed by atoms with van der Waals surface area (Å²) in [5, 5.41) is 3.24. The van der Waals surface area contributed by atoms with Crippen LogP contribution in [0, 0.1) is 0 Å². The highest BCUT2D eigenvalue weighted by atomic mass is 16.2. The fourth-order valence-corrected chi connectivity index (χ4v) is 3.42. The third-order valence-corrected chi connectivity index (χ3v) is 4.31. The quantitative estimate of drug-likeness (QED) is 0.720. The van der Waals surface area contributed by atoms with Crippen LogP contribution in [0.15, 0.2) is 0 Å². The molecule has 3 saturated heterocycles. The van der Waals surface area contributed by atoms with E-state index in [9.17, 15) is 4.79 Å². The fourth-order valence-electron chi connectivity index (χ4n) is 3.42. The first-order chi connectivity index (χ1) is 7.84. The van der Waals surface area contributed by atoms with Crippen LogP contribution in [0.5, 0.6) is 0 Å². The summed E-state index contributed by atoms with van der Waals surface area (Å²) in [4.78, 5) is 16.5. The number of carbonyl (C=O) groups excluding carboxylic acids is 1. The van der Waals surface area contributed by atoms with E-state index in [-0.39, 0.29) is 6.03 Å². The second-order valence-electron chi connectivity index (χ2n) is 5.28. The fraction of sp³-hybridized carbons (Fsp3) is 0.917. The van der Waals surface area contributed by atoms with E-state index in [2.05, 4.69) is 10.2 Å². The molecule has 3 aliphatic rings. The number of hydrogen-bond acceptors (Lipinski definition) is 2. The van der Waals surface area contributed by atoms with Crippen molar-refractivity contribution in [3.05, 3.63) is 0 Å². The van der Waals surface area contributed by atoms with Crippen molar-refractivity contribution in [3.8, 4) is 0 Å². The standard InChI is InChI=1S/C12H21N3O/c16-12(15-6-1-2-7-15)13-10-5-9-14-8-3-4-11(10)14/h10-11H,1-9H2,(H,13,16). The lowest BCUT2D eigenvalue weighted by atomic mass is 10.1. The molecular formula is C12H21N3O. The number of hydrogen-bond donors (Lipinski definition) is 1. The highest BCUT2D eigenvalue weighted by Gasteiger charge is 2.38. The van der Waals surface area contributed by atoms with E-state index in [4.69, 9.17) is 0 Å². The van der Waals surface area contributed by atoms with Crippen LogP contribution in [0.25, 0.3) is 0 Å². The van der Waals surface area contributed by atoms with Crippen LogP contribution in [0.1, 0.15) is 32.1 Å². The molecule has 0 aromatic carbocycles. The molecule has 0 radical (unpaired) electrons. The number of nitrogens with one attached hydrogen (secondary N) is 1. The topological polar surface area (TPSA) is 35.6 Å². The molecule has 2 amide bonds.